The molecule has 0 aliphatic rings. The second kappa shape index (κ2) is 5.11. The van der Waals surface area contributed by atoms with Gasteiger partial charge in [-0.1, -0.05) is 17.7 Å². The van der Waals surface area contributed by atoms with E-state index in [0.717, 1.165) is 15.8 Å². The van der Waals surface area contributed by atoms with Crippen LogP contribution in [0.1, 0.15) is 10.5 Å². The summed E-state index contributed by atoms with van der Waals surface area (Å²) in [5.41, 5.74) is 0.782. The fraction of sp³-hybridized carbons (Fsp3) is 0. The normalized spacial score (nSPS) is 10.7. The van der Waals surface area contributed by atoms with Gasteiger partial charge in [-0.2, -0.15) is 0 Å². The van der Waals surface area contributed by atoms with Crippen molar-refractivity contribution >= 4 is 50.5 Å². The number of pyridine rings is 1. The number of carboxylic acids is 1. The summed E-state index contributed by atoms with van der Waals surface area (Å²) < 4.78 is 0.877. The number of carbonyl (C=O) groups is 1. The molecule has 4 nitrogen and oxygen atoms in total. The van der Waals surface area contributed by atoms with Crippen molar-refractivity contribution in [1.82, 2.24) is 4.98 Å². The molecule has 6 heteroatoms. The fourth-order valence-corrected chi connectivity index (χ4v) is 2.89. The van der Waals surface area contributed by atoms with Gasteiger partial charge >= 0.3 is 5.97 Å². The fourth-order valence-electron chi connectivity index (χ4n) is 1.87. The minimum absolute atomic E-state index is 0.0180. The number of thiophene rings is 1. The van der Waals surface area contributed by atoms with Gasteiger partial charge in [0.2, 0.25) is 0 Å². The van der Waals surface area contributed by atoms with E-state index in [4.69, 9.17) is 16.7 Å². The van der Waals surface area contributed by atoms with Gasteiger partial charge in [-0.25, -0.2) is 9.78 Å². The molecule has 2 N–H and O–H groups in total. The number of anilines is 2. The van der Waals surface area contributed by atoms with Gasteiger partial charge in [-0.05, 0) is 35.7 Å². The van der Waals surface area contributed by atoms with Crippen molar-refractivity contribution in [3.05, 3.63) is 52.5 Å². The first-order valence-corrected chi connectivity index (χ1v) is 7.03. The maximum absolute atomic E-state index is 11.1. The Hall–Kier alpha value is -2.11. The van der Waals surface area contributed by atoms with Crippen LogP contribution in [-0.4, -0.2) is 16.1 Å². The van der Waals surface area contributed by atoms with E-state index in [2.05, 4.69) is 10.3 Å². The molecule has 0 amide bonds. The number of hydrogen-bond donors (Lipinski definition) is 2. The summed E-state index contributed by atoms with van der Waals surface area (Å²) in [5.74, 6) is -0.530. The number of aromatic carboxylic acids is 1. The van der Waals surface area contributed by atoms with Crippen molar-refractivity contribution in [3.63, 3.8) is 0 Å². The summed E-state index contributed by atoms with van der Waals surface area (Å²) in [5, 5.41) is 15.6. The van der Waals surface area contributed by atoms with Gasteiger partial charge in [0, 0.05) is 20.8 Å². The third kappa shape index (κ3) is 2.45. The van der Waals surface area contributed by atoms with E-state index >= 15 is 0 Å². The summed E-state index contributed by atoms with van der Waals surface area (Å²) >= 11 is 7.41. The first kappa shape index (κ1) is 12.9. The molecule has 0 atom stereocenters. The van der Waals surface area contributed by atoms with Gasteiger partial charge in [-0.15, -0.1) is 11.3 Å². The Morgan fingerprint density at radius 1 is 1.30 bits per heavy atom. The molecule has 100 valence electrons. The van der Waals surface area contributed by atoms with Crippen molar-refractivity contribution in [3.8, 4) is 0 Å². The van der Waals surface area contributed by atoms with E-state index in [0.29, 0.717) is 10.8 Å². The van der Waals surface area contributed by atoms with E-state index in [-0.39, 0.29) is 5.69 Å². The Bertz CT molecular complexity index is 801. The van der Waals surface area contributed by atoms with Crippen molar-refractivity contribution in [2.75, 3.05) is 5.32 Å². The maximum Gasteiger partial charge on any atom is 0.354 e. The number of halogens is 1. The van der Waals surface area contributed by atoms with E-state index in [1.807, 2.05) is 23.6 Å². The standard InChI is InChI=1S/C14H9ClN2O2S/c15-8-2-1-3-9(6-8)16-13-10-4-5-20-12(10)7-11(17-13)14(18)19/h1-7H,(H,16,17)(H,18,19). The zero-order chi connectivity index (χ0) is 14.1. The number of nitrogens with zero attached hydrogens (tertiary/aromatic N) is 1. The molecule has 0 aliphatic carbocycles. The van der Waals surface area contributed by atoms with E-state index in [9.17, 15) is 4.79 Å². The molecular weight excluding hydrogens is 296 g/mol. The lowest BCUT2D eigenvalue weighted by molar-refractivity contribution is 0.0691. The molecule has 0 saturated heterocycles. The van der Waals surface area contributed by atoms with Crippen LogP contribution in [0.2, 0.25) is 5.02 Å². The predicted octanol–water partition coefficient (Wildman–Crippen LogP) is 4.39. The van der Waals surface area contributed by atoms with Gasteiger partial charge in [0.05, 0.1) is 0 Å². The molecular formula is C14H9ClN2O2S. The molecule has 0 fully saturated rings. The van der Waals surface area contributed by atoms with Crippen LogP contribution in [0.15, 0.2) is 41.8 Å². The minimum Gasteiger partial charge on any atom is -0.477 e. The Labute approximate surface area is 123 Å². The van der Waals surface area contributed by atoms with E-state index < -0.39 is 5.97 Å². The topological polar surface area (TPSA) is 62.2 Å². The van der Waals surface area contributed by atoms with Crippen molar-refractivity contribution in [2.24, 2.45) is 0 Å². The molecule has 0 unspecified atom stereocenters. The molecule has 20 heavy (non-hydrogen) atoms. The van der Waals surface area contributed by atoms with Crippen LogP contribution >= 0.6 is 22.9 Å². The minimum atomic E-state index is -1.05. The molecule has 2 aromatic heterocycles. The number of aromatic nitrogens is 1. The van der Waals surface area contributed by atoms with E-state index in [1.165, 1.54) is 11.3 Å². The maximum atomic E-state index is 11.1. The average molecular weight is 305 g/mol. The Balaban J connectivity index is 2.09. The summed E-state index contributed by atoms with van der Waals surface area (Å²) in [6.45, 7) is 0. The van der Waals surface area contributed by atoms with Gasteiger partial charge in [0.1, 0.15) is 5.82 Å². The summed E-state index contributed by atoms with van der Waals surface area (Å²) in [7, 11) is 0. The van der Waals surface area contributed by atoms with Crippen LogP contribution in [0.5, 0.6) is 0 Å². The molecule has 0 spiro atoms. The molecule has 3 rings (SSSR count). The zero-order valence-electron chi connectivity index (χ0n) is 10.1. The molecule has 0 bridgehead atoms. The number of fused-ring (bicyclic) bond motifs is 1. The predicted molar refractivity (Wildman–Crippen MR) is 81.3 cm³/mol. The number of rotatable bonds is 3. The van der Waals surface area contributed by atoms with E-state index in [1.54, 1.807) is 18.2 Å². The Kier molecular flexibility index (Phi) is 3.30. The Morgan fingerprint density at radius 2 is 2.15 bits per heavy atom. The highest BCUT2D eigenvalue weighted by atomic mass is 35.5. The molecule has 0 saturated carbocycles. The third-order valence-corrected chi connectivity index (χ3v) is 3.86. The summed E-state index contributed by atoms with van der Waals surface area (Å²) in [6, 6.07) is 10.7. The van der Waals surface area contributed by atoms with Crippen molar-refractivity contribution in [2.45, 2.75) is 0 Å². The largest absolute Gasteiger partial charge is 0.477 e. The van der Waals surface area contributed by atoms with Crippen LogP contribution in [0, 0.1) is 0 Å². The number of hydrogen-bond acceptors (Lipinski definition) is 4. The first-order valence-electron chi connectivity index (χ1n) is 5.77. The van der Waals surface area contributed by atoms with Crippen LogP contribution in [0.25, 0.3) is 10.1 Å². The van der Waals surface area contributed by atoms with Crippen molar-refractivity contribution < 1.29 is 9.90 Å². The van der Waals surface area contributed by atoms with Gasteiger partial charge in [0.25, 0.3) is 0 Å². The second-order valence-corrected chi connectivity index (χ2v) is 5.51. The first-order chi connectivity index (χ1) is 9.63. The van der Waals surface area contributed by atoms with Crippen LogP contribution in [0.3, 0.4) is 0 Å². The van der Waals surface area contributed by atoms with Gasteiger partial charge in [-0.3, -0.25) is 0 Å². The SMILES string of the molecule is O=C(O)c1cc2sccc2c(Nc2cccc(Cl)c2)n1. The second-order valence-electron chi connectivity index (χ2n) is 4.13. The summed E-state index contributed by atoms with van der Waals surface area (Å²) in [4.78, 5) is 15.3. The monoisotopic (exact) mass is 304 g/mol. The smallest absolute Gasteiger partial charge is 0.354 e. The average Bonchev–Trinajstić information content (AvgIpc) is 2.87. The molecule has 0 aliphatic heterocycles. The summed E-state index contributed by atoms with van der Waals surface area (Å²) in [6.07, 6.45) is 0. The highest BCUT2D eigenvalue weighted by molar-refractivity contribution is 7.17. The van der Waals surface area contributed by atoms with Crippen LogP contribution in [-0.2, 0) is 0 Å². The zero-order valence-corrected chi connectivity index (χ0v) is 11.7. The van der Waals surface area contributed by atoms with Gasteiger partial charge in [0.15, 0.2) is 5.69 Å². The highest BCUT2D eigenvalue weighted by Gasteiger charge is 2.12. The lowest BCUT2D eigenvalue weighted by Crippen LogP contribution is -2.03. The quantitative estimate of drug-likeness (QED) is 0.753. The van der Waals surface area contributed by atoms with Crippen LogP contribution in [0.4, 0.5) is 11.5 Å². The number of carboxylic acid groups (broad SMARTS) is 1. The van der Waals surface area contributed by atoms with Crippen molar-refractivity contribution in [1.29, 1.82) is 0 Å². The third-order valence-electron chi connectivity index (χ3n) is 2.76. The molecule has 3 aromatic rings. The number of nitrogens with one attached hydrogen (secondary N) is 1. The molecule has 2 heterocycles. The number of benzene rings is 1. The van der Waals surface area contributed by atoms with Crippen LogP contribution < -0.4 is 5.32 Å². The molecule has 1 aromatic carbocycles. The van der Waals surface area contributed by atoms with Gasteiger partial charge < -0.3 is 10.4 Å². The Morgan fingerprint density at radius 3 is 2.90 bits per heavy atom. The lowest BCUT2D eigenvalue weighted by atomic mass is 10.2. The molecule has 0 radical (unpaired) electrons. The highest BCUT2D eigenvalue weighted by Crippen LogP contribution is 2.30. The lowest BCUT2D eigenvalue weighted by Gasteiger charge is -2.08.